The second-order valence-electron chi connectivity index (χ2n) is 10.3. The Morgan fingerprint density at radius 3 is 2.66 bits per heavy atom. The monoisotopic (exact) mass is 554 g/mol. The van der Waals surface area contributed by atoms with Gasteiger partial charge in [0.15, 0.2) is 0 Å². The van der Waals surface area contributed by atoms with Crippen molar-refractivity contribution >= 4 is 34.9 Å². The average Bonchev–Trinajstić information content (AvgIpc) is 2.99. The van der Waals surface area contributed by atoms with Crippen LogP contribution in [0.2, 0.25) is 0 Å². The predicted octanol–water partition coefficient (Wildman–Crippen LogP) is 6.05. The number of pyridine rings is 1. The summed E-state index contributed by atoms with van der Waals surface area (Å²) >= 11 is 0. The molecule has 9 nitrogen and oxygen atoms in total. The molecule has 0 aliphatic carbocycles. The lowest BCUT2D eigenvalue weighted by molar-refractivity contribution is -0.129. The maximum Gasteiger partial charge on any atom is 0.411 e. The summed E-state index contributed by atoms with van der Waals surface area (Å²) < 4.78 is 10.2. The molecule has 3 heterocycles. The lowest BCUT2D eigenvalue weighted by Gasteiger charge is -2.34. The number of hydrogen-bond donors (Lipinski definition) is 2. The van der Waals surface area contributed by atoms with Crippen LogP contribution in [0.1, 0.15) is 49.9 Å². The maximum atomic E-state index is 13.6. The Morgan fingerprint density at radius 1 is 1.05 bits per heavy atom. The lowest BCUT2D eigenvalue weighted by atomic mass is 9.92. The first-order chi connectivity index (χ1) is 19.9. The molecule has 2 aromatic carbocycles. The summed E-state index contributed by atoms with van der Waals surface area (Å²) in [5.41, 5.74) is 5.39. The molecule has 3 amide bonds. The van der Waals surface area contributed by atoms with Crippen LogP contribution in [0.3, 0.4) is 0 Å². The molecule has 3 aromatic rings. The summed E-state index contributed by atoms with van der Waals surface area (Å²) in [5.74, 6) is 0.328. The number of carbonyl (C=O) groups excluding carboxylic acids is 3. The number of benzene rings is 2. The molecule has 0 unspecified atom stereocenters. The Labute approximate surface area is 239 Å². The van der Waals surface area contributed by atoms with Gasteiger partial charge in [0.2, 0.25) is 11.8 Å². The van der Waals surface area contributed by atoms with Gasteiger partial charge in [-0.3, -0.25) is 19.9 Å². The first-order valence-electron chi connectivity index (χ1n) is 13.8. The predicted molar refractivity (Wildman–Crippen MR) is 157 cm³/mol. The minimum Gasteiger partial charge on any atom is -0.496 e. The van der Waals surface area contributed by atoms with Crippen LogP contribution in [0, 0.1) is 5.92 Å². The highest BCUT2D eigenvalue weighted by atomic mass is 16.5. The van der Waals surface area contributed by atoms with Crippen molar-refractivity contribution in [1.82, 2.24) is 9.88 Å². The summed E-state index contributed by atoms with van der Waals surface area (Å²) in [4.78, 5) is 45.1. The van der Waals surface area contributed by atoms with Gasteiger partial charge >= 0.3 is 6.09 Å². The molecule has 2 aliphatic heterocycles. The number of carbonyl (C=O) groups is 3. The molecule has 2 N–H and O–H groups in total. The van der Waals surface area contributed by atoms with E-state index in [1.807, 2.05) is 54.3 Å². The number of anilines is 2. The van der Waals surface area contributed by atoms with Gasteiger partial charge in [-0.15, -0.1) is 0 Å². The summed E-state index contributed by atoms with van der Waals surface area (Å²) in [6.07, 6.45) is 5.63. The van der Waals surface area contributed by atoms with Crippen molar-refractivity contribution in [3.8, 4) is 16.9 Å². The fourth-order valence-electron chi connectivity index (χ4n) is 5.50. The largest absolute Gasteiger partial charge is 0.496 e. The second kappa shape index (κ2) is 12.2. The standard InChI is InChI=1S/C32H34N4O5/c1-20-7-6-9-28(36-16-14-22(18-30(36)37)25-8-4-5-10-29(25)40-2)27-17-21(13-15-33-27)24-12-11-23(34-32(39)41-3)19-26(24)35-31(20)38/h4-5,8,10-13,15,17-20,28H,6-7,9,14,16H2,1-3H3,(H,34,39)(H,35,38)/t20-,28+/m1/s1. The SMILES string of the molecule is COC(=O)Nc1ccc2c(c1)NC(=O)[C@H](C)CCC[C@H](N1CCC(c3ccccc3OC)=CC1=O)c1cc-2ccn1. The van der Waals surface area contributed by atoms with E-state index in [1.54, 1.807) is 31.5 Å². The summed E-state index contributed by atoms with van der Waals surface area (Å²) in [6, 6.07) is 16.7. The number of fused-ring (bicyclic) bond motifs is 4. The number of nitrogens with one attached hydrogen (secondary N) is 2. The number of ether oxygens (including phenoxy) is 2. The van der Waals surface area contributed by atoms with E-state index < -0.39 is 6.09 Å². The number of hydrogen-bond acceptors (Lipinski definition) is 6. The first kappa shape index (κ1) is 27.9. The molecular formula is C32H34N4O5. The van der Waals surface area contributed by atoms with E-state index in [9.17, 15) is 14.4 Å². The number of amides is 3. The van der Waals surface area contributed by atoms with Crippen LogP contribution in [-0.4, -0.2) is 48.6 Å². The average molecular weight is 555 g/mol. The third-order valence-electron chi connectivity index (χ3n) is 7.74. The van der Waals surface area contributed by atoms with E-state index >= 15 is 0 Å². The minimum atomic E-state index is -0.596. The topological polar surface area (TPSA) is 110 Å². The fraction of sp³-hybridized carbons (Fsp3) is 0.312. The van der Waals surface area contributed by atoms with Crippen molar-refractivity contribution in [2.75, 3.05) is 31.4 Å². The van der Waals surface area contributed by atoms with E-state index in [0.717, 1.165) is 40.1 Å². The summed E-state index contributed by atoms with van der Waals surface area (Å²) in [5, 5.41) is 5.70. The maximum absolute atomic E-state index is 13.6. The van der Waals surface area contributed by atoms with Crippen LogP contribution in [0.5, 0.6) is 5.75 Å². The van der Waals surface area contributed by atoms with Crippen LogP contribution in [-0.2, 0) is 14.3 Å². The molecule has 1 aromatic heterocycles. The molecule has 0 fully saturated rings. The van der Waals surface area contributed by atoms with Crippen LogP contribution in [0.15, 0.2) is 66.9 Å². The fourth-order valence-corrected chi connectivity index (χ4v) is 5.50. The molecule has 41 heavy (non-hydrogen) atoms. The number of rotatable bonds is 4. The molecule has 2 aliphatic rings. The zero-order valence-electron chi connectivity index (χ0n) is 23.5. The molecule has 0 saturated carbocycles. The molecule has 9 heteroatoms. The van der Waals surface area contributed by atoms with Gasteiger partial charge in [0.05, 0.1) is 31.6 Å². The van der Waals surface area contributed by atoms with E-state index in [-0.39, 0.29) is 23.8 Å². The normalized spacial score (nSPS) is 19.1. The second-order valence-corrected chi connectivity index (χ2v) is 10.3. The molecule has 0 radical (unpaired) electrons. The van der Waals surface area contributed by atoms with E-state index in [2.05, 4.69) is 10.6 Å². The number of methoxy groups -OCH3 is 2. The molecule has 0 saturated heterocycles. The van der Waals surface area contributed by atoms with Gasteiger partial charge in [0.25, 0.3) is 0 Å². The van der Waals surface area contributed by atoms with Gasteiger partial charge in [-0.05, 0) is 60.7 Å². The van der Waals surface area contributed by atoms with Gasteiger partial charge in [-0.1, -0.05) is 37.6 Å². The van der Waals surface area contributed by atoms with Crippen LogP contribution in [0.4, 0.5) is 16.2 Å². The third-order valence-corrected chi connectivity index (χ3v) is 7.74. The highest BCUT2D eigenvalue weighted by Gasteiger charge is 2.30. The van der Waals surface area contributed by atoms with Gasteiger partial charge in [-0.25, -0.2) is 4.79 Å². The Morgan fingerprint density at radius 2 is 1.88 bits per heavy atom. The highest BCUT2D eigenvalue weighted by molar-refractivity contribution is 5.99. The van der Waals surface area contributed by atoms with Crippen molar-refractivity contribution in [3.63, 3.8) is 0 Å². The van der Waals surface area contributed by atoms with Gasteiger partial charge in [-0.2, -0.15) is 0 Å². The molecule has 212 valence electrons. The highest BCUT2D eigenvalue weighted by Crippen LogP contribution is 2.38. The van der Waals surface area contributed by atoms with Crippen molar-refractivity contribution in [2.24, 2.45) is 5.92 Å². The van der Waals surface area contributed by atoms with Crippen molar-refractivity contribution in [3.05, 3.63) is 78.1 Å². The Hall–Kier alpha value is -4.66. The van der Waals surface area contributed by atoms with Crippen LogP contribution < -0.4 is 15.4 Å². The molecule has 2 bridgehead atoms. The van der Waals surface area contributed by atoms with Gasteiger partial charge < -0.3 is 19.7 Å². The lowest BCUT2D eigenvalue weighted by Crippen LogP contribution is -2.38. The Kier molecular flexibility index (Phi) is 8.33. The third kappa shape index (κ3) is 6.09. The number of nitrogens with zero attached hydrogens (tertiary/aromatic N) is 2. The molecular weight excluding hydrogens is 520 g/mol. The zero-order valence-corrected chi connectivity index (χ0v) is 23.5. The number of para-hydroxylation sites is 1. The van der Waals surface area contributed by atoms with E-state index in [4.69, 9.17) is 14.5 Å². The van der Waals surface area contributed by atoms with Gasteiger partial charge in [0, 0.05) is 41.5 Å². The van der Waals surface area contributed by atoms with Crippen molar-refractivity contribution in [1.29, 1.82) is 0 Å². The molecule has 2 atom stereocenters. The first-order valence-corrected chi connectivity index (χ1v) is 13.8. The van der Waals surface area contributed by atoms with Gasteiger partial charge in [0.1, 0.15) is 5.75 Å². The van der Waals surface area contributed by atoms with E-state index in [0.29, 0.717) is 37.2 Å². The van der Waals surface area contributed by atoms with Crippen molar-refractivity contribution in [2.45, 2.75) is 38.6 Å². The summed E-state index contributed by atoms with van der Waals surface area (Å²) in [7, 11) is 2.93. The molecule has 5 rings (SSSR count). The van der Waals surface area contributed by atoms with Crippen LogP contribution in [0.25, 0.3) is 16.7 Å². The quantitative estimate of drug-likeness (QED) is 0.406. The zero-order chi connectivity index (χ0) is 28.9. The minimum absolute atomic E-state index is 0.0637. The number of aromatic nitrogens is 1. The Bertz CT molecular complexity index is 1500. The van der Waals surface area contributed by atoms with Crippen molar-refractivity contribution < 1.29 is 23.9 Å². The molecule has 0 spiro atoms. The Balaban J connectivity index is 1.51. The smallest absolute Gasteiger partial charge is 0.411 e. The summed E-state index contributed by atoms with van der Waals surface area (Å²) in [6.45, 7) is 2.45. The van der Waals surface area contributed by atoms with E-state index in [1.165, 1.54) is 7.11 Å². The van der Waals surface area contributed by atoms with Crippen LogP contribution >= 0.6 is 0 Å².